The van der Waals surface area contributed by atoms with Crippen molar-refractivity contribution in [2.24, 2.45) is 0 Å². The van der Waals surface area contributed by atoms with Crippen molar-refractivity contribution in [1.82, 2.24) is 4.90 Å². The molecule has 1 saturated heterocycles. The van der Waals surface area contributed by atoms with E-state index in [9.17, 15) is 5.11 Å². The molecule has 1 aliphatic rings. The van der Waals surface area contributed by atoms with Crippen LogP contribution in [-0.4, -0.2) is 29.1 Å². The van der Waals surface area contributed by atoms with E-state index in [1.54, 1.807) is 6.07 Å². The first-order valence-corrected chi connectivity index (χ1v) is 6.42. The van der Waals surface area contributed by atoms with Crippen LogP contribution in [0, 0.1) is 0 Å². The molecule has 1 aromatic rings. The summed E-state index contributed by atoms with van der Waals surface area (Å²) >= 11 is 0. The van der Waals surface area contributed by atoms with Crippen LogP contribution in [0.5, 0.6) is 5.75 Å². The van der Waals surface area contributed by atoms with Crippen molar-refractivity contribution in [1.29, 1.82) is 0 Å². The molecule has 0 aromatic heterocycles. The molecule has 1 aliphatic heterocycles. The zero-order chi connectivity index (χ0) is 12.1. The van der Waals surface area contributed by atoms with Gasteiger partial charge in [-0.25, -0.2) is 0 Å². The number of piperidine rings is 1. The van der Waals surface area contributed by atoms with E-state index in [0.29, 0.717) is 11.8 Å². The fourth-order valence-electron chi connectivity index (χ4n) is 2.65. The topological polar surface area (TPSA) is 23.5 Å². The molecule has 2 nitrogen and oxygen atoms in total. The van der Waals surface area contributed by atoms with E-state index in [2.05, 4.69) is 17.5 Å². The maximum Gasteiger partial charge on any atom is 0.115 e. The minimum Gasteiger partial charge on any atom is -0.508 e. The van der Waals surface area contributed by atoms with E-state index in [4.69, 9.17) is 0 Å². The van der Waals surface area contributed by atoms with Crippen molar-refractivity contribution in [2.75, 3.05) is 13.1 Å². The maximum atomic E-state index is 9.48. The summed E-state index contributed by atoms with van der Waals surface area (Å²) in [6.45, 7) is 5.98. The highest BCUT2D eigenvalue weighted by molar-refractivity contribution is 5.27. The molecule has 0 amide bonds. The van der Waals surface area contributed by atoms with Crippen molar-refractivity contribution in [3.63, 3.8) is 0 Å². The molecule has 1 atom stereocenters. The minimum absolute atomic E-state index is 0.369. The monoisotopic (exact) mass is 231 g/mol. The molecule has 0 bridgehead atoms. The smallest absolute Gasteiger partial charge is 0.115 e. The Labute approximate surface area is 104 Å². The molecule has 92 valence electrons. The second kappa shape index (κ2) is 5.87. The van der Waals surface area contributed by atoms with Crippen LogP contribution in [0.4, 0.5) is 0 Å². The third kappa shape index (κ3) is 3.34. The summed E-state index contributed by atoms with van der Waals surface area (Å²) in [5, 5.41) is 9.48. The van der Waals surface area contributed by atoms with E-state index in [0.717, 1.165) is 13.0 Å². The van der Waals surface area contributed by atoms with Gasteiger partial charge in [0.15, 0.2) is 0 Å². The van der Waals surface area contributed by atoms with Gasteiger partial charge in [-0.05, 0) is 43.5 Å². The Hall–Kier alpha value is -1.28. The third-order valence-corrected chi connectivity index (χ3v) is 3.49. The van der Waals surface area contributed by atoms with Gasteiger partial charge in [0, 0.05) is 12.6 Å². The van der Waals surface area contributed by atoms with Crippen LogP contribution < -0.4 is 0 Å². The number of nitrogens with zero attached hydrogens (tertiary/aromatic N) is 1. The van der Waals surface area contributed by atoms with Crippen molar-refractivity contribution < 1.29 is 5.11 Å². The van der Waals surface area contributed by atoms with Gasteiger partial charge in [-0.1, -0.05) is 24.6 Å². The van der Waals surface area contributed by atoms with Crippen LogP contribution in [-0.2, 0) is 6.42 Å². The first-order valence-electron chi connectivity index (χ1n) is 6.42. The molecular formula is C15H21NO. The molecule has 1 aromatic carbocycles. The van der Waals surface area contributed by atoms with Gasteiger partial charge in [0.05, 0.1) is 0 Å². The lowest BCUT2D eigenvalue weighted by Crippen LogP contribution is -2.40. The fraction of sp³-hybridized carbons (Fsp3) is 0.467. The van der Waals surface area contributed by atoms with Gasteiger partial charge in [0.2, 0.25) is 0 Å². The Bertz CT molecular complexity index is 375. The van der Waals surface area contributed by atoms with E-state index in [-0.39, 0.29) is 0 Å². The summed E-state index contributed by atoms with van der Waals surface area (Å²) < 4.78 is 0. The quantitative estimate of drug-likeness (QED) is 0.805. The van der Waals surface area contributed by atoms with Crippen LogP contribution in [0.15, 0.2) is 36.9 Å². The molecule has 1 N–H and O–H groups in total. The highest BCUT2D eigenvalue weighted by Gasteiger charge is 2.21. The Kier molecular flexibility index (Phi) is 4.21. The van der Waals surface area contributed by atoms with E-state index >= 15 is 0 Å². The Morgan fingerprint density at radius 3 is 3.06 bits per heavy atom. The van der Waals surface area contributed by atoms with Crippen molar-refractivity contribution in [2.45, 2.75) is 31.7 Å². The number of rotatable bonds is 4. The standard InChI is InChI=1S/C15H21NO/c1-2-9-16-10-4-3-7-14(16)11-13-6-5-8-15(17)12-13/h2,5-6,8,12,14,17H,1,3-4,7,9-11H2. The molecule has 0 saturated carbocycles. The summed E-state index contributed by atoms with van der Waals surface area (Å²) in [4.78, 5) is 2.50. The van der Waals surface area contributed by atoms with Gasteiger partial charge in [-0.15, -0.1) is 6.58 Å². The number of hydrogen-bond donors (Lipinski definition) is 1. The molecule has 0 spiro atoms. The fourth-order valence-corrected chi connectivity index (χ4v) is 2.65. The van der Waals surface area contributed by atoms with Gasteiger partial charge in [0.25, 0.3) is 0 Å². The number of phenols is 1. The van der Waals surface area contributed by atoms with Crippen LogP contribution in [0.3, 0.4) is 0 Å². The van der Waals surface area contributed by atoms with E-state index in [1.807, 2.05) is 18.2 Å². The predicted octanol–water partition coefficient (Wildman–Crippen LogP) is 2.98. The lowest BCUT2D eigenvalue weighted by Gasteiger charge is -2.35. The summed E-state index contributed by atoms with van der Waals surface area (Å²) in [7, 11) is 0. The second-order valence-electron chi connectivity index (χ2n) is 4.81. The van der Waals surface area contributed by atoms with Gasteiger partial charge < -0.3 is 5.11 Å². The van der Waals surface area contributed by atoms with E-state index < -0.39 is 0 Å². The van der Waals surface area contributed by atoms with Gasteiger partial charge >= 0.3 is 0 Å². The molecule has 1 heterocycles. The van der Waals surface area contributed by atoms with Crippen LogP contribution in [0.2, 0.25) is 0 Å². The zero-order valence-electron chi connectivity index (χ0n) is 10.3. The number of aromatic hydroxyl groups is 1. The Morgan fingerprint density at radius 2 is 2.29 bits per heavy atom. The first-order chi connectivity index (χ1) is 8.29. The molecule has 0 aliphatic carbocycles. The van der Waals surface area contributed by atoms with Gasteiger partial charge in [0.1, 0.15) is 5.75 Å². The highest BCUT2D eigenvalue weighted by Crippen LogP contribution is 2.22. The third-order valence-electron chi connectivity index (χ3n) is 3.49. The molecule has 2 heteroatoms. The van der Waals surface area contributed by atoms with Crippen LogP contribution in [0.25, 0.3) is 0 Å². The SMILES string of the molecule is C=CCN1CCCCC1Cc1cccc(O)c1. The molecule has 17 heavy (non-hydrogen) atoms. The predicted molar refractivity (Wildman–Crippen MR) is 71.2 cm³/mol. The van der Waals surface area contributed by atoms with Gasteiger partial charge in [-0.2, -0.15) is 0 Å². The zero-order valence-corrected chi connectivity index (χ0v) is 10.3. The largest absolute Gasteiger partial charge is 0.508 e. The summed E-state index contributed by atoms with van der Waals surface area (Å²) in [5.41, 5.74) is 1.23. The molecule has 0 radical (unpaired) electrons. The average molecular weight is 231 g/mol. The van der Waals surface area contributed by atoms with Crippen molar-refractivity contribution in [3.8, 4) is 5.75 Å². The maximum absolute atomic E-state index is 9.48. The lowest BCUT2D eigenvalue weighted by molar-refractivity contribution is 0.164. The Morgan fingerprint density at radius 1 is 1.41 bits per heavy atom. The number of phenolic OH excluding ortho intramolecular Hbond substituents is 1. The lowest BCUT2D eigenvalue weighted by atomic mass is 9.95. The number of benzene rings is 1. The summed E-state index contributed by atoms with van der Waals surface area (Å²) in [5.74, 6) is 0.369. The van der Waals surface area contributed by atoms with Crippen molar-refractivity contribution in [3.05, 3.63) is 42.5 Å². The summed E-state index contributed by atoms with van der Waals surface area (Å²) in [6, 6.07) is 8.22. The molecule has 2 rings (SSSR count). The minimum atomic E-state index is 0.369. The molecular weight excluding hydrogens is 210 g/mol. The average Bonchev–Trinajstić information content (AvgIpc) is 2.32. The number of hydrogen-bond acceptors (Lipinski definition) is 2. The second-order valence-corrected chi connectivity index (χ2v) is 4.81. The van der Waals surface area contributed by atoms with Crippen LogP contribution >= 0.6 is 0 Å². The van der Waals surface area contributed by atoms with Crippen molar-refractivity contribution >= 4 is 0 Å². The number of likely N-dealkylation sites (tertiary alicyclic amines) is 1. The van der Waals surface area contributed by atoms with Gasteiger partial charge in [-0.3, -0.25) is 4.90 Å². The van der Waals surface area contributed by atoms with E-state index in [1.165, 1.54) is 31.4 Å². The first kappa shape index (κ1) is 12.2. The Balaban J connectivity index is 2.02. The molecule has 1 unspecified atom stereocenters. The summed E-state index contributed by atoms with van der Waals surface area (Å²) in [6.07, 6.45) is 6.88. The molecule has 1 fully saturated rings. The van der Waals surface area contributed by atoms with Crippen LogP contribution in [0.1, 0.15) is 24.8 Å². The normalized spacial score (nSPS) is 21.3. The highest BCUT2D eigenvalue weighted by atomic mass is 16.3.